The van der Waals surface area contributed by atoms with E-state index >= 15 is 0 Å². The zero-order chi connectivity index (χ0) is 19.9. The molecule has 1 fully saturated rings. The number of halogens is 7. The molecule has 1 saturated heterocycles. The van der Waals surface area contributed by atoms with Crippen LogP contribution in [0.25, 0.3) is 0 Å². The summed E-state index contributed by atoms with van der Waals surface area (Å²) in [4.78, 5) is 11.8. The first-order chi connectivity index (χ1) is 11.8. The Morgan fingerprint density at radius 2 is 1.88 bits per heavy atom. The third-order valence-corrected chi connectivity index (χ3v) is 4.33. The maximum atomic E-state index is 13.3. The van der Waals surface area contributed by atoms with Crippen molar-refractivity contribution in [3.63, 3.8) is 0 Å². The number of alkyl halides is 6. The van der Waals surface area contributed by atoms with E-state index < -0.39 is 48.3 Å². The van der Waals surface area contributed by atoms with Gasteiger partial charge in [-0.1, -0.05) is 17.7 Å². The van der Waals surface area contributed by atoms with Gasteiger partial charge in [0.15, 0.2) is 11.7 Å². The minimum atomic E-state index is -4.95. The first kappa shape index (κ1) is 20.6. The van der Waals surface area contributed by atoms with Gasteiger partial charge in [-0.3, -0.25) is 0 Å². The number of benzene rings is 1. The van der Waals surface area contributed by atoms with E-state index in [2.05, 4.69) is 9.47 Å². The predicted octanol–water partition coefficient (Wildman–Crippen LogP) is 4.61. The van der Waals surface area contributed by atoms with Gasteiger partial charge in [-0.05, 0) is 31.0 Å². The van der Waals surface area contributed by atoms with Crippen LogP contribution in [0.15, 0.2) is 18.2 Å². The molecule has 146 valence electrons. The van der Waals surface area contributed by atoms with Crippen LogP contribution in [0.4, 0.5) is 26.3 Å². The summed E-state index contributed by atoms with van der Waals surface area (Å²) < 4.78 is 89.7. The average molecular weight is 407 g/mol. The van der Waals surface area contributed by atoms with Crippen LogP contribution in [-0.4, -0.2) is 37.3 Å². The highest BCUT2D eigenvalue weighted by Crippen LogP contribution is 2.50. The zero-order valence-electron chi connectivity index (χ0n) is 13.4. The van der Waals surface area contributed by atoms with Crippen molar-refractivity contribution in [2.24, 2.45) is 0 Å². The minimum Gasteiger partial charge on any atom is -0.467 e. The summed E-state index contributed by atoms with van der Waals surface area (Å²) >= 11 is 5.92. The molecule has 26 heavy (non-hydrogen) atoms. The number of ether oxygens (including phenoxy) is 3. The van der Waals surface area contributed by atoms with E-state index in [1.54, 1.807) is 0 Å². The highest BCUT2D eigenvalue weighted by molar-refractivity contribution is 6.31. The molecule has 0 aliphatic carbocycles. The molecule has 1 aromatic rings. The fraction of sp³-hybridized carbons (Fsp3) is 0.533. The molecule has 4 nitrogen and oxygen atoms in total. The van der Waals surface area contributed by atoms with Crippen molar-refractivity contribution in [1.82, 2.24) is 0 Å². The molecule has 1 aromatic carbocycles. The number of hydrogen-bond donors (Lipinski definition) is 0. The van der Waals surface area contributed by atoms with Gasteiger partial charge in [0.2, 0.25) is 0 Å². The summed E-state index contributed by atoms with van der Waals surface area (Å²) in [6.07, 6.45) is -12.0. The molecule has 1 heterocycles. The van der Waals surface area contributed by atoms with Gasteiger partial charge in [0, 0.05) is 10.9 Å². The van der Waals surface area contributed by atoms with Gasteiger partial charge >= 0.3 is 18.5 Å². The lowest BCUT2D eigenvalue weighted by atomic mass is 9.86. The maximum absolute atomic E-state index is 13.3. The lowest BCUT2D eigenvalue weighted by Crippen LogP contribution is -2.43. The number of methoxy groups -OCH3 is 1. The van der Waals surface area contributed by atoms with Gasteiger partial charge in [-0.2, -0.15) is 13.2 Å². The molecule has 0 radical (unpaired) electrons. The second-order valence-electron chi connectivity index (χ2n) is 5.83. The molecule has 0 amide bonds. The van der Waals surface area contributed by atoms with E-state index in [0.717, 1.165) is 32.2 Å². The van der Waals surface area contributed by atoms with Crippen LogP contribution in [0.1, 0.15) is 24.8 Å². The van der Waals surface area contributed by atoms with Gasteiger partial charge in [0.05, 0.1) is 7.11 Å². The topological polar surface area (TPSA) is 44.8 Å². The van der Waals surface area contributed by atoms with Gasteiger partial charge in [0.25, 0.3) is 0 Å². The SMILES string of the molecule is COC(=O)[C@@H]1OC(C)(C(F)(F)F)CC1c1ccc(OC(F)(F)F)cc1Cl. The monoisotopic (exact) mass is 406 g/mol. The molecule has 11 heteroatoms. The van der Waals surface area contributed by atoms with Crippen molar-refractivity contribution < 1.29 is 45.3 Å². The van der Waals surface area contributed by atoms with Crippen LogP contribution in [0.2, 0.25) is 5.02 Å². The first-order valence-electron chi connectivity index (χ1n) is 7.15. The molecule has 3 atom stereocenters. The summed E-state index contributed by atoms with van der Waals surface area (Å²) in [5.41, 5.74) is -2.62. The van der Waals surface area contributed by atoms with Crippen molar-refractivity contribution in [2.45, 2.75) is 43.5 Å². The summed E-state index contributed by atoms with van der Waals surface area (Å²) in [7, 11) is 0.980. The Morgan fingerprint density at radius 3 is 2.35 bits per heavy atom. The van der Waals surface area contributed by atoms with Crippen molar-refractivity contribution in [3.05, 3.63) is 28.8 Å². The van der Waals surface area contributed by atoms with E-state index in [9.17, 15) is 31.1 Å². The summed E-state index contributed by atoms with van der Waals surface area (Å²) in [5.74, 6) is -2.85. The smallest absolute Gasteiger partial charge is 0.467 e. The lowest BCUT2D eigenvalue weighted by molar-refractivity contribution is -0.274. The van der Waals surface area contributed by atoms with Crippen LogP contribution < -0.4 is 4.74 Å². The molecule has 0 aromatic heterocycles. The Bertz CT molecular complexity index is 690. The molecule has 1 aliphatic heterocycles. The number of esters is 1. The number of carbonyl (C=O) groups is 1. The van der Waals surface area contributed by atoms with Crippen molar-refractivity contribution in [2.75, 3.05) is 7.11 Å². The van der Waals surface area contributed by atoms with Crippen LogP contribution in [0, 0.1) is 0 Å². The Balaban J connectivity index is 2.39. The minimum absolute atomic E-state index is 0.0181. The Hall–Kier alpha value is -1.68. The van der Waals surface area contributed by atoms with E-state index in [4.69, 9.17) is 16.3 Å². The quantitative estimate of drug-likeness (QED) is 0.543. The van der Waals surface area contributed by atoms with E-state index in [0.29, 0.717) is 0 Å². The van der Waals surface area contributed by atoms with Gasteiger partial charge in [-0.25, -0.2) is 4.79 Å². The van der Waals surface area contributed by atoms with E-state index in [1.165, 1.54) is 0 Å². The third-order valence-electron chi connectivity index (χ3n) is 4.00. The zero-order valence-corrected chi connectivity index (χ0v) is 14.1. The van der Waals surface area contributed by atoms with Crippen molar-refractivity contribution in [1.29, 1.82) is 0 Å². The van der Waals surface area contributed by atoms with Crippen molar-refractivity contribution in [3.8, 4) is 5.75 Å². The molecule has 0 N–H and O–H groups in total. The molecule has 1 aliphatic rings. The summed E-state index contributed by atoms with van der Waals surface area (Å²) in [6, 6.07) is 2.77. The maximum Gasteiger partial charge on any atom is 0.573 e. The highest BCUT2D eigenvalue weighted by atomic mass is 35.5. The van der Waals surface area contributed by atoms with Crippen molar-refractivity contribution >= 4 is 17.6 Å². The van der Waals surface area contributed by atoms with Gasteiger partial charge in [-0.15, -0.1) is 13.2 Å². The molecule has 0 bridgehead atoms. The van der Waals surface area contributed by atoms with E-state index in [-0.39, 0.29) is 10.6 Å². The second-order valence-corrected chi connectivity index (χ2v) is 6.24. The van der Waals surface area contributed by atoms with E-state index in [1.807, 2.05) is 0 Å². The molecule has 0 spiro atoms. The average Bonchev–Trinajstić information content (AvgIpc) is 2.83. The normalized spacial score (nSPS) is 26.7. The molecular weight excluding hydrogens is 394 g/mol. The Morgan fingerprint density at radius 1 is 1.27 bits per heavy atom. The fourth-order valence-electron chi connectivity index (χ4n) is 2.73. The standard InChI is InChI=1S/C15H13ClF6O4/c1-13(14(17,18)19)6-9(11(26-13)12(23)24-2)8-4-3-7(5-10(8)16)25-15(20,21)22/h3-5,9,11H,6H2,1-2H3/t9?,11-,13?/m1/s1. The summed E-state index contributed by atoms with van der Waals surface area (Å²) in [5, 5.41) is -0.291. The predicted molar refractivity (Wildman–Crippen MR) is 76.8 cm³/mol. The van der Waals surface area contributed by atoms with Crippen LogP contribution in [-0.2, 0) is 14.3 Å². The molecular formula is C15H13ClF6O4. The number of carbonyl (C=O) groups excluding carboxylic acids is 1. The fourth-order valence-corrected chi connectivity index (χ4v) is 3.04. The molecule has 0 saturated carbocycles. The summed E-state index contributed by atoms with van der Waals surface area (Å²) in [6.45, 7) is 0.776. The number of hydrogen-bond acceptors (Lipinski definition) is 4. The Kier molecular flexibility index (Phi) is 5.40. The van der Waals surface area contributed by atoms with Gasteiger partial charge in [0.1, 0.15) is 5.75 Å². The highest BCUT2D eigenvalue weighted by Gasteiger charge is 2.61. The molecule has 2 rings (SSSR count). The number of rotatable bonds is 3. The van der Waals surface area contributed by atoms with Crippen LogP contribution in [0.5, 0.6) is 5.75 Å². The lowest BCUT2D eigenvalue weighted by Gasteiger charge is -2.26. The van der Waals surface area contributed by atoms with Gasteiger partial charge < -0.3 is 14.2 Å². The largest absolute Gasteiger partial charge is 0.573 e. The third kappa shape index (κ3) is 4.17. The Labute approximate surface area is 149 Å². The second kappa shape index (κ2) is 6.80. The van der Waals surface area contributed by atoms with Crippen LogP contribution in [0.3, 0.4) is 0 Å². The first-order valence-corrected chi connectivity index (χ1v) is 7.53. The van der Waals surface area contributed by atoms with Crippen LogP contribution >= 0.6 is 11.6 Å². The molecule has 2 unspecified atom stereocenters.